The first-order chi connectivity index (χ1) is 10.0. The van der Waals surface area contributed by atoms with Crippen LogP contribution >= 0.6 is 0 Å². The monoisotopic (exact) mass is 289 g/mol. The molecule has 2 rings (SSSR count). The number of nitrogens with one attached hydrogen (secondary N) is 1. The van der Waals surface area contributed by atoms with Crippen LogP contribution in [-0.4, -0.2) is 22.5 Å². The molecule has 1 aliphatic rings. The van der Waals surface area contributed by atoms with Crippen LogP contribution in [0.1, 0.15) is 61.0 Å². The molecule has 0 saturated carbocycles. The van der Waals surface area contributed by atoms with Crippen LogP contribution in [0.5, 0.6) is 0 Å². The molecule has 4 nitrogen and oxygen atoms in total. The highest BCUT2D eigenvalue weighted by atomic mass is 16.4. The van der Waals surface area contributed by atoms with Crippen molar-refractivity contribution in [1.29, 1.82) is 0 Å². The number of amides is 1. The van der Waals surface area contributed by atoms with Crippen molar-refractivity contribution in [2.24, 2.45) is 0 Å². The molecule has 1 amide bonds. The number of carboxylic acids is 1. The number of hydrogen-bond donors (Lipinski definition) is 2. The van der Waals surface area contributed by atoms with Crippen LogP contribution in [0.3, 0.4) is 0 Å². The van der Waals surface area contributed by atoms with Crippen molar-refractivity contribution in [1.82, 2.24) is 5.32 Å². The summed E-state index contributed by atoms with van der Waals surface area (Å²) in [6.45, 7) is 3.56. The summed E-state index contributed by atoms with van der Waals surface area (Å²) in [6.07, 6.45) is 5.17. The summed E-state index contributed by atoms with van der Waals surface area (Å²) in [5.74, 6) is -1.27. The Balaban J connectivity index is 2.22. The molecule has 0 atom stereocenters. The van der Waals surface area contributed by atoms with Crippen LogP contribution in [0.25, 0.3) is 0 Å². The smallest absolute Gasteiger partial charge is 0.329 e. The van der Waals surface area contributed by atoms with Crippen molar-refractivity contribution in [2.75, 3.05) is 0 Å². The third-order valence-corrected chi connectivity index (χ3v) is 4.58. The number of carbonyl (C=O) groups is 2. The fourth-order valence-corrected chi connectivity index (χ4v) is 2.95. The van der Waals surface area contributed by atoms with Gasteiger partial charge in [-0.15, -0.1) is 0 Å². The van der Waals surface area contributed by atoms with E-state index in [1.165, 1.54) is 17.5 Å². The van der Waals surface area contributed by atoms with Crippen molar-refractivity contribution in [3.63, 3.8) is 0 Å². The van der Waals surface area contributed by atoms with Gasteiger partial charge >= 0.3 is 5.97 Å². The van der Waals surface area contributed by atoms with Crippen molar-refractivity contribution in [3.05, 3.63) is 34.9 Å². The van der Waals surface area contributed by atoms with Crippen LogP contribution in [0.2, 0.25) is 0 Å². The molecule has 0 aromatic heterocycles. The number of aryl methyl sites for hydroxylation is 2. The molecular formula is C17H23NO3. The molecule has 0 heterocycles. The average molecular weight is 289 g/mol. The minimum absolute atomic E-state index is 0.297. The van der Waals surface area contributed by atoms with Crippen LogP contribution in [0.4, 0.5) is 0 Å². The first-order valence-corrected chi connectivity index (χ1v) is 7.70. The molecule has 1 aliphatic carbocycles. The van der Waals surface area contributed by atoms with E-state index in [4.69, 9.17) is 0 Å². The zero-order valence-corrected chi connectivity index (χ0v) is 12.7. The fraction of sp³-hybridized carbons (Fsp3) is 0.529. The second kappa shape index (κ2) is 6.29. The van der Waals surface area contributed by atoms with Gasteiger partial charge in [-0.1, -0.05) is 19.9 Å². The third kappa shape index (κ3) is 3.09. The minimum atomic E-state index is -1.17. The van der Waals surface area contributed by atoms with Gasteiger partial charge in [0.05, 0.1) is 0 Å². The number of aliphatic carboxylic acids is 1. The maximum Gasteiger partial charge on any atom is 0.329 e. The molecule has 0 fully saturated rings. The summed E-state index contributed by atoms with van der Waals surface area (Å²) in [4.78, 5) is 23.9. The van der Waals surface area contributed by atoms with E-state index in [-0.39, 0.29) is 5.91 Å². The van der Waals surface area contributed by atoms with Crippen molar-refractivity contribution < 1.29 is 14.7 Å². The lowest BCUT2D eigenvalue weighted by molar-refractivity contribution is -0.144. The van der Waals surface area contributed by atoms with Gasteiger partial charge in [-0.2, -0.15) is 0 Å². The molecule has 0 aliphatic heterocycles. The maximum atomic E-state index is 12.4. The standard InChI is InChI=1S/C17H23NO3/c1-3-17(4-2,16(20)21)18-15(19)14-10-9-12-7-5-6-8-13(12)11-14/h9-11H,3-8H2,1-2H3,(H,18,19)(H,20,21). The van der Waals surface area contributed by atoms with Gasteiger partial charge in [-0.25, -0.2) is 4.79 Å². The summed E-state index contributed by atoms with van der Waals surface area (Å²) >= 11 is 0. The van der Waals surface area contributed by atoms with Crippen molar-refractivity contribution in [2.45, 2.75) is 57.9 Å². The van der Waals surface area contributed by atoms with Crippen LogP contribution in [0.15, 0.2) is 18.2 Å². The van der Waals surface area contributed by atoms with Gasteiger partial charge in [-0.05, 0) is 61.8 Å². The normalized spacial score (nSPS) is 14.4. The van der Waals surface area contributed by atoms with E-state index in [9.17, 15) is 14.7 Å². The number of carboxylic acid groups (broad SMARTS) is 1. The van der Waals surface area contributed by atoms with Crippen LogP contribution < -0.4 is 5.32 Å². The van der Waals surface area contributed by atoms with Crippen molar-refractivity contribution >= 4 is 11.9 Å². The molecule has 1 aromatic rings. The molecule has 1 aromatic carbocycles. The zero-order chi connectivity index (χ0) is 15.5. The molecule has 2 N–H and O–H groups in total. The average Bonchev–Trinajstić information content (AvgIpc) is 2.51. The third-order valence-electron chi connectivity index (χ3n) is 4.58. The Morgan fingerprint density at radius 3 is 2.33 bits per heavy atom. The molecule has 0 spiro atoms. The highest BCUT2D eigenvalue weighted by Crippen LogP contribution is 2.23. The second-order valence-corrected chi connectivity index (χ2v) is 5.74. The predicted octanol–water partition coefficient (Wildman–Crippen LogP) is 2.94. The first-order valence-electron chi connectivity index (χ1n) is 7.70. The molecule has 0 radical (unpaired) electrons. The van der Waals surface area contributed by atoms with Crippen LogP contribution in [-0.2, 0) is 17.6 Å². The maximum absolute atomic E-state index is 12.4. The molecule has 4 heteroatoms. The van der Waals surface area contributed by atoms with Gasteiger partial charge in [0.2, 0.25) is 0 Å². The predicted molar refractivity (Wildman–Crippen MR) is 81.5 cm³/mol. The Morgan fingerprint density at radius 2 is 1.76 bits per heavy atom. The number of benzene rings is 1. The highest BCUT2D eigenvalue weighted by Gasteiger charge is 2.36. The molecule has 21 heavy (non-hydrogen) atoms. The lowest BCUT2D eigenvalue weighted by Crippen LogP contribution is -2.53. The van der Waals surface area contributed by atoms with E-state index in [1.807, 2.05) is 12.1 Å². The van der Waals surface area contributed by atoms with Gasteiger partial charge in [0, 0.05) is 5.56 Å². The Labute approximate surface area is 125 Å². The molecule has 0 bridgehead atoms. The summed E-state index contributed by atoms with van der Waals surface area (Å²) < 4.78 is 0. The van der Waals surface area contributed by atoms with Gasteiger partial charge < -0.3 is 10.4 Å². The van der Waals surface area contributed by atoms with E-state index in [1.54, 1.807) is 19.9 Å². The summed E-state index contributed by atoms with van der Waals surface area (Å²) in [5.41, 5.74) is 1.92. The lowest BCUT2D eigenvalue weighted by Gasteiger charge is -2.28. The number of hydrogen-bond acceptors (Lipinski definition) is 2. The Bertz CT molecular complexity index is 547. The SMILES string of the molecule is CCC(CC)(NC(=O)c1ccc2c(c1)CCCC2)C(=O)O. The molecular weight excluding hydrogens is 266 g/mol. The molecule has 0 saturated heterocycles. The highest BCUT2D eigenvalue weighted by molar-refractivity contribution is 5.98. The zero-order valence-electron chi connectivity index (χ0n) is 12.7. The van der Waals surface area contributed by atoms with Gasteiger partial charge in [0.15, 0.2) is 0 Å². The molecule has 114 valence electrons. The van der Waals surface area contributed by atoms with E-state index >= 15 is 0 Å². The van der Waals surface area contributed by atoms with Gasteiger partial charge in [-0.3, -0.25) is 4.79 Å². The fourth-order valence-electron chi connectivity index (χ4n) is 2.95. The minimum Gasteiger partial charge on any atom is -0.480 e. The van der Waals surface area contributed by atoms with Crippen LogP contribution in [0, 0.1) is 0 Å². The first kappa shape index (κ1) is 15.5. The van der Waals surface area contributed by atoms with Gasteiger partial charge in [0.25, 0.3) is 5.91 Å². The lowest BCUT2D eigenvalue weighted by atomic mass is 9.89. The van der Waals surface area contributed by atoms with E-state index in [0.29, 0.717) is 18.4 Å². The Hall–Kier alpha value is -1.84. The van der Waals surface area contributed by atoms with Gasteiger partial charge in [0.1, 0.15) is 5.54 Å². The van der Waals surface area contributed by atoms with E-state index in [2.05, 4.69) is 5.32 Å². The summed E-state index contributed by atoms with van der Waals surface area (Å²) in [7, 11) is 0. The Morgan fingerprint density at radius 1 is 1.14 bits per heavy atom. The number of fused-ring (bicyclic) bond motifs is 1. The van der Waals surface area contributed by atoms with E-state index < -0.39 is 11.5 Å². The van der Waals surface area contributed by atoms with Crippen molar-refractivity contribution in [3.8, 4) is 0 Å². The summed E-state index contributed by atoms with van der Waals surface area (Å²) in [6, 6.07) is 5.73. The Kier molecular flexibility index (Phi) is 4.66. The molecule has 0 unspecified atom stereocenters. The number of carbonyl (C=O) groups excluding carboxylic acids is 1. The number of rotatable bonds is 5. The second-order valence-electron chi connectivity index (χ2n) is 5.74. The summed E-state index contributed by atoms with van der Waals surface area (Å²) in [5, 5.41) is 12.1. The quantitative estimate of drug-likeness (QED) is 0.876. The van der Waals surface area contributed by atoms with E-state index in [0.717, 1.165) is 19.3 Å². The largest absolute Gasteiger partial charge is 0.480 e. The topological polar surface area (TPSA) is 66.4 Å².